The van der Waals surface area contributed by atoms with Gasteiger partial charge in [-0.2, -0.15) is 0 Å². The summed E-state index contributed by atoms with van der Waals surface area (Å²) in [4.78, 5) is 18.8. The number of nitrogens with zero attached hydrogens (tertiary/aromatic N) is 2. The summed E-state index contributed by atoms with van der Waals surface area (Å²) in [5.74, 6) is 1.95. The Bertz CT molecular complexity index is 1250. The first-order valence-corrected chi connectivity index (χ1v) is 14.7. The van der Waals surface area contributed by atoms with Crippen molar-refractivity contribution in [3.05, 3.63) is 83.7 Å². The number of thioether (sulfide) groups is 1. The topological polar surface area (TPSA) is 51.7 Å². The van der Waals surface area contributed by atoms with Gasteiger partial charge in [0.1, 0.15) is 17.0 Å². The summed E-state index contributed by atoms with van der Waals surface area (Å²) >= 11 is 1.91. The lowest BCUT2D eigenvalue weighted by Gasteiger charge is -2.44. The molecule has 2 aliphatic rings. The van der Waals surface area contributed by atoms with E-state index >= 15 is 0 Å². The van der Waals surface area contributed by atoms with Crippen LogP contribution in [-0.2, 0) is 16.9 Å². The van der Waals surface area contributed by atoms with E-state index in [4.69, 9.17) is 9.47 Å². The summed E-state index contributed by atoms with van der Waals surface area (Å²) in [6.07, 6.45) is 5.30. The van der Waals surface area contributed by atoms with E-state index < -0.39 is 5.60 Å². The van der Waals surface area contributed by atoms with E-state index in [2.05, 4.69) is 60.4 Å². The van der Waals surface area contributed by atoms with Crippen molar-refractivity contribution >= 4 is 17.9 Å². The average Bonchev–Trinajstić information content (AvgIpc) is 2.92. The van der Waals surface area contributed by atoms with Gasteiger partial charge in [0.15, 0.2) is 0 Å². The first kappa shape index (κ1) is 26.6. The second kappa shape index (κ2) is 11.0. The number of hydrogen-bond donors (Lipinski definition) is 0. The van der Waals surface area contributed by atoms with E-state index in [-0.39, 0.29) is 11.7 Å². The number of amides is 1. The predicted octanol–water partition coefficient (Wildman–Crippen LogP) is 7.84. The number of carbonyl (C=O) groups is 1. The Hall–Kier alpha value is -2.99. The molecule has 0 bridgehead atoms. The molecule has 1 amide bonds. The van der Waals surface area contributed by atoms with Crippen LogP contribution in [0.25, 0.3) is 11.1 Å². The molecule has 5 rings (SSSR count). The van der Waals surface area contributed by atoms with Gasteiger partial charge in [-0.3, -0.25) is 4.98 Å². The number of benzene rings is 2. The third-order valence-corrected chi connectivity index (χ3v) is 8.70. The van der Waals surface area contributed by atoms with Gasteiger partial charge in [-0.1, -0.05) is 36.4 Å². The lowest BCUT2D eigenvalue weighted by atomic mass is 9.82. The van der Waals surface area contributed by atoms with Gasteiger partial charge in [-0.05, 0) is 87.1 Å². The predicted molar refractivity (Wildman–Crippen MR) is 155 cm³/mol. The van der Waals surface area contributed by atoms with Crippen molar-refractivity contribution in [2.24, 2.45) is 0 Å². The summed E-state index contributed by atoms with van der Waals surface area (Å²) in [5.41, 5.74) is 5.52. The van der Waals surface area contributed by atoms with Crippen molar-refractivity contribution in [1.29, 1.82) is 0 Å². The van der Waals surface area contributed by atoms with Crippen LogP contribution in [0, 0.1) is 0 Å². The lowest BCUT2D eigenvalue weighted by Crippen LogP contribution is -2.52. The van der Waals surface area contributed by atoms with Crippen LogP contribution in [0.5, 0.6) is 5.75 Å². The molecule has 6 heteroatoms. The second-order valence-corrected chi connectivity index (χ2v) is 12.8. The van der Waals surface area contributed by atoms with E-state index in [9.17, 15) is 4.79 Å². The first-order valence-electron chi connectivity index (χ1n) is 13.6. The Kier molecular flexibility index (Phi) is 7.71. The monoisotopic (exact) mass is 530 g/mol. The molecule has 1 saturated heterocycles. The Morgan fingerprint density at radius 1 is 1.05 bits per heavy atom. The quantitative estimate of drug-likeness (QED) is 0.336. The van der Waals surface area contributed by atoms with Crippen LogP contribution >= 0.6 is 11.8 Å². The molecule has 2 aromatic carbocycles. The maximum Gasteiger partial charge on any atom is 0.410 e. The maximum absolute atomic E-state index is 12.5. The smallest absolute Gasteiger partial charge is 0.410 e. The fourth-order valence-electron chi connectivity index (χ4n) is 5.19. The van der Waals surface area contributed by atoms with Crippen LogP contribution < -0.4 is 4.74 Å². The van der Waals surface area contributed by atoms with E-state index in [1.165, 1.54) is 22.3 Å². The zero-order valence-corrected chi connectivity index (χ0v) is 23.7. The maximum atomic E-state index is 12.5. The Morgan fingerprint density at radius 2 is 1.79 bits per heavy atom. The fraction of sp³-hybridized carbons (Fsp3) is 0.438. The van der Waals surface area contributed by atoms with Gasteiger partial charge in [0.05, 0.1) is 5.69 Å². The molecule has 0 radical (unpaired) electrons. The molecule has 3 aromatic rings. The molecular formula is C32H38N2O3S. The molecule has 5 nitrogen and oxygen atoms in total. The molecule has 0 aliphatic carbocycles. The minimum absolute atomic E-state index is 0.182. The minimum Gasteiger partial charge on any atom is -0.487 e. The second-order valence-electron chi connectivity index (χ2n) is 11.5. The third-order valence-electron chi connectivity index (χ3n) is 7.45. The number of rotatable bonds is 5. The third kappa shape index (κ3) is 6.35. The van der Waals surface area contributed by atoms with Crippen LogP contribution in [0.1, 0.15) is 69.0 Å². The molecule has 1 fully saturated rings. The van der Waals surface area contributed by atoms with E-state index in [0.717, 1.165) is 42.9 Å². The fourth-order valence-corrected chi connectivity index (χ4v) is 6.14. The zero-order valence-electron chi connectivity index (χ0n) is 22.9. The van der Waals surface area contributed by atoms with Crippen molar-refractivity contribution in [3.8, 4) is 16.9 Å². The van der Waals surface area contributed by atoms with Crippen LogP contribution in [0.2, 0.25) is 0 Å². The highest BCUT2D eigenvalue weighted by atomic mass is 32.2. The SMILES string of the molecule is CC(SCc1ccc(-c2ccc3c(c2)CCC2(CCN(C(=O)OC(C)(C)C)CC2)O3)cc1)c1ccccn1. The molecule has 0 saturated carbocycles. The number of ether oxygens (including phenoxy) is 2. The molecule has 1 aromatic heterocycles. The van der Waals surface area contributed by atoms with Gasteiger partial charge in [-0.25, -0.2) is 4.79 Å². The van der Waals surface area contributed by atoms with Gasteiger partial charge in [-0.15, -0.1) is 11.8 Å². The molecular weight excluding hydrogens is 492 g/mol. The number of hydrogen-bond acceptors (Lipinski definition) is 5. The molecule has 200 valence electrons. The molecule has 2 aliphatic heterocycles. The summed E-state index contributed by atoms with van der Waals surface area (Å²) in [6.45, 7) is 9.28. The molecule has 38 heavy (non-hydrogen) atoms. The van der Waals surface area contributed by atoms with Gasteiger partial charge >= 0.3 is 6.09 Å². The highest BCUT2D eigenvalue weighted by Crippen LogP contribution is 2.41. The lowest BCUT2D eigenvalue weighted by molar-refractivity contribution is -0.0272. The summed E-state index contributed by atoms with van der Waals surface area (Å²) in [6, 6.07) is 21.6. The number of aryl methyl sites for hydroxylation is 1. The van der Waals surface area contributed by atoms with Gasteiger partial charge < -0.3 is 14.4 Å². The Balaban J connectivity index is 1.18. The number of pyridine rings is 1. The minimum atomic E-state index is -0.470. The Labute approximate surface area is 230 Å². The molecule has 1 atom stereocenters. The normalized spacial score (nSPS) is 17.4. The summed E-state index contributed by atoms with van der Waals surface area (Å²) < 4.78 is 12.2. The van der Waals surface area contributed by atoms with Gasteiger partial charge in [0.2, 0.25) is 0 Å². The molecule has 0 N–H and O–H groups in total. The van der Waals surface area contributed by atoms with Crippen molar-refractivity contribution in [3.63, 3.8) is 0 Å². The summed E-state index contributed by atoms with van der Waals surface area (Å²) in [7, 11) is 0. The highest BCUT2D eigenvalue weighted by molar-refractivity contribution is 7.98. The van der Waals surface area contributed by atoms with Crippen molar-refractivity contribution in [2.45, 2.75) is 75.6 Å². The van der Waals surface area contributed by atoms with Gasteiger partial charge in [0.25, 0.3) is 0 Å². The largest absolute Gasteiger partial charge is 0.487 e. The van der Waals surface area contributed by atoms with Crippen LogP contribution in [-0.4, -0.2) is 40.3 Å². The molecule has 1 unspecified atom stereocenters. The average molecular weight is 531 g/mol. The van der Waals surface area contributed by atoms with Crippen molar-refractivity contribution in [1.82, 2.24) is 9.88 Å². The molecule has 1 spiro atoms. The standard InChI is InChI=1S/C32H38N2O3S/c1-23(28-7-5-6-18-33-28)38-22-24-8-10-25(11-9-24)26-12-13-29-27(21-26)14-15-32(36-29)16-19-34(20-17-32)30(35)37-31(2,3)4/h5-13,18,21,23H,14-17,19-20,22H2,1-4H3. The van der Waals surface area contributed by atoms with Gasteiger partial charge in [0, 0.05) is 43.1 Å². The number of fused-ring (bicyclic) bond motifs is 1. The van der Waals surface area contributed by atoms with Crippen LogP contribution in [0.4, 0.5) is 4.79 Å². The van der Waals surface area contributed by atoms with Crippen molar-refractivity contribution in [2.75, 3.05) is 13.1 Å². The number of likely N-dealkylation sites (tertiary alicyclic amines) is 1. The van der Waals surface area contributed by atoms with Crippen molar-refractivity contribution < 1.29 is 14.3 Å². The van der Waals surface area contributed by atoms with E-state index in [1.54, 1.807) is 0 Å². The zero-order chi connectivity index (χ0) is 26.8. The van der Waals surface area contributed by atoms with E-state index in [0.29, 0.717) is 18.3 Å². The highest BCUT2D eigenvalue weighted by Gasteiger charge is 2.41. The molecule has 3 heterocycles. The number of carbonyl (C=O) groups excluding carboxylic acids is 1. The summed E-state index contributed by atoms with van der Waals surface area (Å²) in [5, 5.41) is 0.365. The first-order chi connectivity index (χ1) is 18.2. The number of aromatic nitrogens is 1. The van der Waals surface area contributed by atoms with Crippen LogP contribution in [0.3, 0.4) is 0 Å². The van der Waals surface area contributed by atoms with Crippen LogP contribution in [0.15, 0.2) is 66.9 Å². The number of piperidine rings is 1. The Morgan fingerprint density at radius 3 is 2.47 bits per heavy atom. The van der Waals surface area contributed by atoms with E-state index in [1.807, 2.05) is 55.8 Å².